The fourth-order valence-corrected chi connectivity index (χ4v) is 5.84. The zero-order chi connectivity index (χ0) is 28.3. The summed E-state index contributed by atoms with van der Waals surface area (Å²) >= 11 is 6.49. The van der Waals surface area contributed by atoms with Crippen molar-refractivity contribution in [2.24, 2.45) is 0 Å². The van der Waals surface area contributed by atoms with Crippen molar-refractivity contribution in [3.05, 3.63) is 89.1 Å². The summed E-state index contributed by atoms with van der Waals surface area (Å²) in [5.74, 6) is 1.34. The average Bonchev–Trinajstić information content (AvgIpc) is 3.17. The van der Waals surface area contributed by atoms with Crippen LogP contribution in [0.4, 0.5) is 23.0 Å². The Bertz CT molecular complexity index is 1560. The lowest BCUT2D eigenvalue weighted by atomic mass is 10.0. The number of rotatable bonds is 6. The Morgan fingerprint density at radius 3 is 2.68 bits per heavy atom. The number of hydrogen-bond acceptors (Lipinski definition) is 7. The van der Waals surface area contributed by atoms with Gasteiger partial charge in [0.1, 0.15) is 5.75 Å². The van der Waals surface area contributed by atoms with Gasteiger partial charge in [-0.1, -0.05) is 23.7 Å². The van der Waals surface area contributed by atoms with Crippen molar-refractivity contribution in [3.63, 3.8) is 0 Å². The van der Waals surface area contributed by atoms with Crippen LogP contribution < -0.4 is 20.3 Å². The molecule has 9 heteroatoms. The molecule has 0 aliphatic carbocycles. The lowest BCUT2D eigenvalue weighted by Crippen LogP contribution is -2.46. The first-order chi connectivity index (χ1) is 20.0. The molecule has 1 fully saturated rings. The lowest BCUT2D eigenvalue weighted by molar-refractivity contribution is 0.0698. The van der Waals surface area contributed by atoms with Gasteiger partial charge in [0.25, 0.3) is 5.91 Å². The number of halogens is 1. The number of nitrogens with one attached hydrogen (secondary N) is 2. The molecule has 0 spiro atoms. The maximum Gasteiger partial charge on any atom is 0.253 e. The Kier molecular flexibility index (Phi) is 7.76. The maximum absolute atomic E-state index is 13.1. The second-order valence-electron chi connectivity index (χ2n) is 10.4. The summed E-state index contributed by atoms with van der Waals surface area (Å²) in [5.41, 5.74) is 6.32. The van der Waals surface area contributed by atoms with E-state index in [1.165, 1.54) is 0 Å². The predicted octanol–water partition coefficient (Wildman–Crippen LogP) is 6.07. The highest BCUT2D eigenvalue weighted by atomic mass is 35.5. The van der Waals surface area contributed by atoms with Crippen molar-refractivity contribution in [1.29, 1.82) is 0 Å². The number of likely N-dealkylation sites (N-methyl/N-ethyl adjacent to an activating group) is 1. The van der Waals surface area contributed by atoms with Crippen LogP contribution in [0.1, 0.15) is 28.8 Å². The SMILES string of the molecule is CNC1CCCN(C(=O)c2ccc(Nc3ncc4c(n3)-c3ccc(Cl)cc3N(c3ccccc3OC)CC4)cc2)C1. The minimum absolute atomic E-state index is 0.0626. The smallest absolute Gasteiger partial charge is 0.253 e. The summed E-state index contributed by atoms with van der Waals surface area (Å²) in [6.07, 6.45) is 4.75. The van der Waals surface area contributed by atoms with Crippen LogP contribution in [0, 0.1) is 0 Å². The molecular weight excluding hydrogens is 536 g/mol. The minimum Gasteiger partial charge on any atom is -0.495 e. The third-order valence-corrected chi connectivity index (χ3v) is 8.09. The molecule has 1 unspecified atom stereocenters. The highest BCUT2D eigenvalue weighted by molar-refractivity contribution is 6.31. The second-order valence-corrected chi connectivity index (χ2v) is 10.8. The summed E-state index contributed by atoms with van der Waals surface area (Å²) in [4.78, 5) is 26.8. The number of piperidine rings is 1. The van der Waals surface area contributed by atoms with Crippen molar-refractivity contribution in [1.82, 2.24) is 20.2 Å². The Morgan fingerprint density at radius 2 is 1.88 bits per heavy atom. The highest BCUT2D eigenvalue weighted by Crippen LogP contribution is 2.43. The van der Waals surface area contributed by atoms with Crippen LogP contribution in [-0.2, 0) is 6.42 Å². The van der Waals surface area contributed by atoms with Gasteiger partial charge in [-0.3, -0.25) is 4.79 Å². The number of likely N-dealkylation sites (tertiary alicyclic amines) is 1. The van der Waals surface area contributed by atoms with Crippen LogP contribution in [0.2, 0.25) is 5.02 Å². The van der Waals surface area contributed by atoms with E-state index in [1.807, 2.05) is 78.8 Å². The van der Waals surface area contributed by atoms with Crippen LogP contribution in [0.5, 0.6) is 5.75 Å². The first kappa shape index (κ1) is 27.1. The number of hydrogen-bond donors (Lipinski definition) is 2. The van der Waals surface area contributed by atoms with Gasteiger partial charge in [-0.05, 0) is 86.5 Å². The van der Waals surface area contributed by atoms with Gasteiger partial charge in [0.05, 0.1) is 24.2 Å². The van der Waals surface area contributed by atoms with Crippen molar-refractivity contribution >= 4 is 40.5 Å². The molecule has 0 saturated carbocycles. The van der Waals surface area contributed by atoms with Crippen LogP contribution >= 0.6 is 11.6 Å². The predicted molar refractivity (Wildman–Crippen MR) is 164 cm³/mol. The van der Waals surface area contributed by atoms with Gasteiger partial charge in [-0.15, -0.1) is 0 Å². The molecule has 210 valence electrons. The summed E-state index contributed by atoms with van der Waals surface area (Å²) in [6.45, 7) is 2.25. The monoisotopic (exact) mass is 568 g/mol. The van der Waals surface area contributed by atoms with Gasteiger partial charge in [-0.2, -0.15) is 0 Å². The number of methoxy groups -OCH3 is 1. The molecule has 8 nitrogen and oxygen atoms in total. The summed E-state index contributed by atoms with van der Waals surface area (Å²) in [6, 6.07) is 21.7. The first-order valence-corrected chi connectivity index (χ1v) is 14.3. The zero-order valence-corrected chi connectivity index (χ0v) is 24.0. The Balaban J connectivity index is 1.26. The molecule has 1 atom stereocenters. The largest absolute Gasteiger partial charge is 0.495 e. The van der Waals surface area contributed by atoms with Gasteiger partial charge >= 0.3 is 0 Å². The number of carbonyl (C=O) groups is 1. The third-order valence-electron chi connectivity index (χ3n) is 7.86. The van der Waals surface area contributed by atoms with Crippen molar-refractivity contribution in [2.45, 2.75) is 25.3 Å². The normalized spacial score (nSPS) is 16.4. The number of amides is 1. The molecule has 2 aliphatic heterocycles. The van der Waals surface area contributed by atoms with Gasteiger partial charge in [0.2, 0.25) is 5.95 Å². The number of para-hydroxylation sites is 2. The fraction of sp³-hybridized carbons (Fsp3) is 0.281. The van der Waals surface area contributed by atoms with E-state index in [-0.39, 0.29) is 5.91 Å². The van der Waals surface area contributed by atoms with E-state index in [1.54, 1.807) is 7.11 Å². The number of aromatic nitrogens is 2. The number of benzene rings is 3. The molecule has 3 heterocycles. The molecule has 41 heavy (non-hydrogen) atoms. The van der Waals surface area contributed by atoms with Crippen LogP contribution in [0.3, 0.4) is 0 Å². The molecule has 1 saturated heterocycles. The third kappa shape index (κ3) is 5.58. The Hall–Kier alpha value is -4.14. The number of nitrogens with zero attached hydrogens (tertiary/aromatic N) is 4. The van der Waals surface area contributed by atoms with E-state index in [0.717, 1.165) is 78.5 Å². The average molecular weight is 569 g/mol. The molecule has 0 radical (unpaired) electrons. The molecule has 3 aromatic carbocycles. The quantitative estimate of drug-likeness (QED) is 0.292. The first-order valence-electron chi connectivity index (χ1n) is 13.9. The number of anilines is 4. The van der Waals surface area contributed by atoms with E-state index < -0.39 is 0 Å². The van der Waals surface area contributed by atoms with E-state index in [9.17, 15) is 4.79 Å². The topological polar surface area (TPSA) is 82.6 Å². The van der Waals surface area contributed by atoms with Gasteiger partial charge in [0.15, 0.2) is 0 Å². The number of ether oxygens (including phenoxy) is 1. The second kappa shape index (κ2) is 11.8. The molecule has 0 bridgehead atoms. The van der Waals surface area contributed by atoms with Crippen molar-refractivity contribution in [3.8, 4) is 17.0 Å². The number of fused-ring (bicyclic) bond motifs is 3. The lowest BCUT2D eigenvalue weighted by Gasteiger charge is -2.32. The molecule has 2 N–H and O–H groups in total. The van der Waals surface area contributed by atoms with E-state index >= 15 is 0 Å². The summed E-state index contributed by atoms with van der Waals surface area (Å²) in [7, 11) is 3.64. The van der Waals surface area contributed by atoms with Crippen LogP contribution in [-0.4, -0.2) is 60.6 Å². The van der Waals surface area contributed by atoms with E-state index in [0.29, 0.717) is 22.6 Å². The molecule has 6 rings (SSSR count). The highest BCUT2D eigenvalue weighted by Gasteiger charge is 2.26. The van der Waals surface area contributed by atoms with Crippen molar-refractivity contribution < 1.29 is 9.53 Å². The van der Waals surface area contributed by atoms with Gasteiger partial charge in [0, 0.05) is 53.7 Å². The van der Waals surface area contributed by atoms with Gasteiger partial charge < -0.3 is 25.2 Å². The zero-order valence-electron chi connectivity index (χ0n) is 23.2. The summed E-state index contributed by atoms with van der Waals surface area (Å²) in [5, 5.41) is 7.27. The molecular formula is C32H33ClN6O2. The molecule has 4 aromatic rings. The van der Waals surface area contributed by atoms with E-state index in [4.69, 9.17) is 21.3 Å². The standard InChI is InChI=1S/C32H33ClN6O2/c1-34-25-6-5-16-38(20-25)31(40)21-9-12-24(13-10-21)36-32-35-19-22-15-17-39(27-7-3-4-8-29(27)41-2)28-18-23(33)11-14-26(28)30(22)37-32/h3-4,7-14,18-19,25,34H,5-6,15-17,20H2,1-2H3,(H,35,36,37). The van der Waals surface area contributed by atoms with Crippen LogP contribution in [0.25, 0.3) is 11.3 Å². The molecule has 1 aromatic heterocycles. The minimum atomic E-state index is 0.0626. The summed E-state index contributed by atoms with van der Waals surface area (Å²) < 4.78 is 5.68. The molecule has 1 amide bonds. The Morgan fingerprint density at radius 1 is 1.05 bits per heavy atom. The van der Waals surface area contributed by atoms with Crippen molar-refractivity contribution in [2.75, 3.05) is 44.0 Å². The fourth-order valence-electron chi connectivity index (χ4n) is 5.67. The molecule has 2 aliphatic rings. The van der Waals surface area contributed by atoms with E-state index in [2.05, 4.69) is 26.6 Å². The number of carbonyl (C=O) groups excluding carboxylic acids is 1. The van der Waals surface area contributed by atoms with Crippen LogP contribution in [0.15, 0.2) is 72.9 Å². The maximum atomic E-state index is 13.1. The Labute approximate surface area is 245 Å². The van der Waals surface area contributed by atoms with Gasteiger partial charge in [-0.25, -0.2) is 9.97 Å².